The number of ketones is 1. The highest BCUT2D eigenvalue weighted by molar-refractivity contribution is 9.10. The SMILES string of the molecule is CSc1ncc(Br)c(C(=O)CCCNCc2c(F)cccc2F)n1. The minimum Gasteiger partial charge on any atom is -0.312 e. The molecule has 0 fully saturated rings. The first kappa shape index (κ1) is 19.0. The summed E-state index contributed by atoms with van der Waals surface area (Å²) in [4.78, 5) is 20.5. The Balaban J connectivity index is 1.81. The van der Waals surface area contributed by atoms with Crippen LogP contribution in [0.1, 0.15) is 28.9 Å². The second kappa shape index (κ2) is 9.19. The Bertz CT molecular complexity index is 710. The summed E-state index contributed by atoms with van der Waals surface area (Å²) < 4.78 is 27.5. The van der Waals surface area contributed by atoms with Crippen LogP contribution in [0.4, 0.5) is 8.78 Å². The number of nitrogens with zero attached hydrogens (tertiary/aromatic N) is 2. The molecule has 0 atom stereocenters. The first-order valence-electron chi connectivity index (χ1n) is 7.26. The van der Waals surface area contributed by atoms with Crippen LogP contribution in [0.15, 0.2) is 34.0 Å². The average Bonchev–Trinajstić information content (AvgIpc) is 2.57. The fraction of sp³-hybridized carbons (Fsp3) is 0.312. The minimum absolute atomic E-state index is 0.00647. The molecule has 1 N–H and O–H groups in total. The number of carbonyl (C=O) groups excluding carboxylic acids is 1. The van der Waals surface area contributed by atoms with Crippen molar-refractivity contribution in [3.8, 4) is 0 Å². The minimum atomic E-state index is -0.576. The Kier molecular flexibility index (Phi) is 7.26. The molecule has 0 amide bonds. The molecule has 128 valence electrons. The highest BCUT2D eigenvalue weighted by atomic mass is 79.9. The lowest BCUT2D eigenvalue weighted by molar-refractivity contribution is 0.0973. The zero-order valence-corrected chi connectivity index (χ0v) is 15.4. The van der Waals surface area contributed by atoms with E-state index in [4.69, 9.17) is 0 Å². The Morgan fingerprint density at radius 3 is 2.71 bits per heavy atom. The fourth-order valence-electron chi connectivity index (χ4n) is 2.05. The Morgan fingerprint density at radius 2 is 2.04 bits per heavy atom. The molecule has 0 spiro atoms. The number of halogens is 3. The van der Waals surface area contributed by atoms with Gasteiger partial charge in [0.15, 0.2) is 10.9 Å². The number of aromatic nitrogens is 2. The molecule has 4 nitrogen and oxygen atoms in total. The fourth-order valence-corrected chi connectivity index (χ4v) is 2.80. The normalized spacial score (nSPS) is 10.8. The van der Waals surface area contributed by atoms with Crippen LogP contribution in [0.3, 0.4) is 0 Å². The van der Waals surface area contributed by atoms with E-state index in [2.05, 4.69) is 31.2 Å². The van der Waals surface area contributed by atoms with Crippen LogP contribution >= 0.6 is 27.7 Å². The molecule has 1 aromatic carbocycles. The topological polar surface area (TPSA) is 54.9 Å². The predicted octanol–water partition coefficient (Wildman–Crippen LogP) is 3.99. The number of hydrogen-bond acceptors (Lipinski definition) is 5. The van der Waals surface area contributed by atoms with Crippen molar-refractivity contribution in [1.29, 1.82) is 0 Å². The second-order valence-electron chi connectivity index (χ2n) is 4.96. The first-order valence-corrected chi connectivity index (χ1v) is 9.28. The number of thioether (sulfide) groups is 1. The maximum absolute atomic E-state index is 13.5. The lowest BCUT2D eigenvalue weighted by Gasteiger charge is -2.07. The molecular weight excluding hydrogens is 400 g/mol. The molecule has 0 aliphatic carbocycles. The summed E-state index contributed by atoms with van der Waals surface area (Å²) in [5, 5.41) is 3.48. The maximum atomic E-state index is 13.5. The number of benzene rings is 1. The molecule has 0 saturated heterocycles. The number of rotatable bonds is 8. The summed E-state index contributed by atoms with van der Waals surface area (Å²) >= 11 is 4.64. The zero-order valence-electron chi connectivity index (χ0n) is 13.0. The monoisotopic (exact) mass is 415 g/mol. The van der Waals surface area contributed by atoms with Crippen molar-refractivity contribution in [3.63, 3.8) is 0 Å². The van der Waals surface area contributed by atoms with Crippen LogP contribution in [0.5, 0.6) is 0 Å². The van der Waals surface area contributed by atoms with Gasteiger partial charge in [0.2, 0.25) is 0 Å². The van der Waals surface area contributed by atoms with Crippen molar-refractivity contribution in [3.05, 3.63) is 51.8 Å². The molecule has 0 aliphatic heterocycles. The zero-order chi connectivity index (χ0) is 17.5. The van der Waals surface area contributed by atoms with Gasteiger partial charge in [0, 0.05) is 24.7 Å². The van der Waals surface area contributed by atoms with Gasteiger partial charge in [0.05, 0.1) is 4.47 Å². The summed E-state index contributed by atoms with van der Waals surface area (Å²) in [6.45, 7) is 0.554. The van der Waals surface area contributed by atoms with Crippen molar-refractivity contribution in [1.82, 2.24) is 15.3 Å². The smallest absolute Gasteiger partial charge is 0.187 e. The molecule has 0 saturated carbocycles. The van der Waals surface area contributed by atoms with E-state index < -0.39 is 11.6 Å². The van der Waals surface area contributed by atoms with Crippen molar-refractivity contribution in [2.24, 2.45) is 0 Å². The first-order chi connectivity index (χ1) is 11.5. The standard InChI is InChI=1S/C16H16BrF2N3OS/c1-24-16-21-9-11(17)15(22-16)14(23)6-3-7-20-8-10-12(18)4-2-5-13(10)19/h2,4-5,9,20H,3,6-8H2,1H3. The molecule has 0 unspecified atom stereocenters. The highest BCUT2D eigenvalue weighted by Gasteiger charge is 2.13. The summed E-state index contributed by atoms with van der Waals surface area (Å²) in [5.74, 6) is -1.25. The molecule has 0 radical (unpaired) electrons. The van der Waals surface area contributed by atoms with Gasteiger partial charge in [0.1, 0.15) is 17.3 Å². The van der Waals surface area contributed by atoms with Gasteiger partial charge in [-0.25, -0.2) is 18.7 Å². The van der Waals surface area contributed by atoms with Crippen molar-refractivity contribution in [2.75, 3.05) is 12.8 Å². The summed E-state index contributed by atoms with van der Waals surface area (Å²) in [6.07, 6.45) is 4.23. The predicted molar refractivity (Wildman–Crippen MR) is 93.1 cm³/mol. The molecular formula is C16H16BrF2N3OS. The van der Waals surface area contributed by atoms with E-state index in [0.29, 0.717) is 28.3 Å². The van der Waals surface area contributed by atoms with Crippen molar-refractivity contribution < 1.29 is 13.6 Å². The van der Waals surface area contributed by atoms with E-state index in [1.54, 1.807) is 6.20 Å². The molecule has 1 aromatic heterocycles. The molecule has 0 aliphatic rings. The lowest BCUT2D eigenvalue weighted by atomic mass is 10.1. The second-order valence-corrected chi connectivity index (χ2v) is 6.58. The maximum Gasteiger partial charge on any atom is 0.187 e. The highest BCUT2D eigenvalue weighted by Crippen LogP contribution is 2.19. The van der Waals surface area contributed by atoms with Crippen LogP contribution in [0.25, 0.3) is 0 Å². The summed E-state index contributed by atoms with van der Waals surface area (Å²) in [5.41, 5.74) is 0.362. The van der Waals surface area contributed by atoms with E-state index in [-0.39, 0.29) is 24.3 Å². The molecule has 8 heteroatoms. The van der Waals surface area contributed by atoms with E-state index in [0.717, 1.165) is 0 Å². The van der Waals surface area contributed by atoms with Gasteiger partial charge >= 0.3 is 0 Å². The van der Waals surface area contributed by atoms with Gasteiger partial charge < -0.3 is 5.32 Å². The number of nitrogens with one attached hydrogen (secondary N) is 1. The van der Waals surface area contributed by atoms with Crippen LogP contribution in [0, 0.1) is 11.6 Å². The number of hydrogen-bond donors (Lipinski definition) is 1. The van der Waals surface area contributed by atoms with Gasteiger partial charge in [-0.2, -0.15) is 0 Å². The molecule has 1 heterocycles. The Labute approximate surface area is 151 Å². The molecule has 24 heavy (non-hydrogen) atoms. The van der Waals surface area contributed by atoms with Gasteiger partial charge in [0.25, 0.3) is 0 Å². The number of Topliss-reactive ketones (excluding diaryl/α,β-unsaturated/α-hetero) is 1. The van der Waals surface area contributed by atoms with Crippen LogP contribution in [-0.4, -0.2) is 28.6 Å². The van der Waals surface area contributed by atoms with Gasteiger partial charge in [-0.1, -0.05) is 17.8 Å². The summed E-state index contributed by atoms with van der Waals surface area (Å²) in [6, 6.07) is 3.77. The van der Waals surface area contributed by atoms with E-state index >= 15 is 0 Å². The Morgan fingerprint density at radius 1 is 1.33 bits per heavy atom. The quantitative estimate of drug-likeness (QED) is 0.305. The Hall–Kier alpha value is -1.38. The van der Waals surface area contributed by atoms with E-state index in [1.807, 2.05) is 6.26 Å². The van der Waals surface area contributed by atoms with Gasteiger partial charge in [-0.15, -0.1) is 0 Å². The lowest BCUT2D eigenvalue weighted by Crippen LogP contribution is -2.18. The largest absolute Gasteiger partial charge is 0.312 e. The van der Waals surface area contributed by atoms with Crippen molar-refractivity contribution in [2.45, 2.75) is 24.5 Å². The molecule has 0 bridgehead atoms. The van der Waals surface area contributed by atoms with Crippen LogP contribution < -0.4 is 5.32 Å². The molecule has 2 aromatic rings. The van der Waals surface area contributed by atoms with Gasteiger partial charge in [-0.3, -0.25) is 4.79 Å². The van der Waals surface area contributed by atoms with E-state index in [1.165, 1.54) is 30.0 Å². The van der Waals surface area contributed by atoms with Crippen molar-refractivity contribution >= 4 is 33.5 Å². The number of carbonyl (C=O) groups is 1. The van der Waals surface area contributed by atoms with Crippen LogP contribution in [0.2, 0.25) is 0 Å². The third-order valence-electron chi connectivity index (χ3n) is 3.29. The van der Waals surface area contributed by atoms with Crippen LogP contribution in [-0.2, 0) is 6.54 Å². The average molecular weight is 416 g/mol. The summed E-state index contributed by atoms with van der Waals surface area (Å²) in [7, 11) is 0. The van der Waals surface area contributed by atoms with Gasteiger partial charge in [-0.05, 0) is 47.3 Å². The third-order valence-corrected chi connectivity index (χ3v) is 4.43. The van der Waals surface area contributed by atoms with E-state index in [9.17, 15) is 13.6 Å². The third kappa shape index (κ3) is 5.06. The molecule has 2 rings (SSSR count).